The first-order chi connectivity index (χ1) is 11.6. The number of aromatic amines is 1. The Labute approximate surface area is 138 Å². The average Bonchev–Trinajstić information content (AvgIpc) is 2.93. The van der Waals surface area contributed by atoms with Crippen LogP contribution in [0.5, 0.6) is 0 Å². The molecular formula is C13H17F3N5O4+. The molecule has 0 radical (unpaired) electrons. The Bertz CT molecular complexity index is 849. The first-order valence-corrected chi connectivity index (χ1v) is 7.38. The van der Waals surface area contributed by atoms with Gasteiger partial charge in [-0.05, 0) is 6.92 Å². The fraction of sp³-hybridized carbons (Fsp3) is 0.615. The van der Waals surface area contributed by atoms with E-state index >= 15 is 0 Å². The maximum Gasteiger partial charge on any atom is 0.522 e. The van der Waals surface area contributed by atoms with Crippen LogP contribution in [0.2, 0.25) is 0 Å². The third-order valence-electron chi connectivity index (χ3n) is 4.19. The number of aromatic nitrogens is 4. The zero-order chi connectivity index (χ0) is 18.5. The molecule has 0 amide bonds. The Kier molecular flexibility index (Phi) is 4.21. The molecule has 12 heteroatoms. The summed E-state index contributed by atoms with van der Waals surface area (Å²) in [5.41, 5.74) is 5.40. The lowest BCUT2D eigenvalue weighted by Crippen LogP contribution is -2.33. The van der Waals surface area contributed by atoms with E-state index in [-0.39, 0.29) is 17.1 Å². The van der Waals surface area contributed by atoms with Crippen molar-refractivity contribution in [2.45, 2.75) is 31.7 Å². The van der Waals surface area contributed by atoms with Crippen molar-refractivity contribution in [2.75, 3.05) is 12.3 Å². The van der Waals surface area contributed by atoms with Crippen molar-refractivity contribution in [1.29, 1.82) is 0 Å². The first-order valence-electron chi connectivity index (χ1n) is 7.38. The molecule has 1 aliphatic rings. The molecule has 0 saturated carbocycles. The molecule has 9 nitrogen and oxygen atoms in total. The second kappa shape index (κ2) is 5.97. The van der Waals surface area contributed by atoms with Gasteiger partial charge in [-0.1, -0.05) is 0 Å². The maximum atomic E-state index is 12.3. The van der Waals surface area contributed by atoms with Crippen LogP contribution >= 0.6 is 0 Å². The topological polar surface area (TPSA) is 119 Å². The minimum absolute atomic E-state index is 0.130. The molecule has 0 spiro atoms. The number of nitrogen functional groups attached to an aromatic ring is 1. The van der Waals surface area contributed by atoms with E-state index in [0.29, 0.717) is 0 Å². The number of alkyl halides is 3. The van der Waals surface area contributed by atoms with E-state index in [1.165, 1.54) is 22.4 Å². The second-order valence-electron chi connectivity index (χ2n) is 5.90. The Morgan fingerprint density at radius 1 is 1.56 bits per heavy atom. The summed E-state index contributed by atoms with van der Waals surface area (Å²) in [4.78, 5) is 18.4. The summed E-state index contributed by atoms with van der Waals surface area (Å²) < 4.78 is 49.1. The largest absolute Gasteiger partial charge is 0.522 e. The number of nitrogens with two attached hydrogens (primary N) is 1. The van der Waals surface area contributed by atoms with Gasteiger partial charge in [0.25, 0.3) is 11.2 Å². The highest BCUT2D eigenvalue weighted by atomic mass is 19.4. The van der Waals surface area contributed by atoms with Crippen LogP contribution in [0.4, 0.5) is 19.1 Å². The van der Waals surface area contributed by atoms with Crippen molar-refractivity contribution in [2.24, 2.45) is 13.0 Å². The van der Waals surface area contributed by atoms with Crippen molar-refractivity contribution in [1.82, 2.24) is 14.5 Å². The zero-order valence-corrected chi connectivity index (χ0v) is 13.3. The Morgan fingerprint density at radius 3 is 2.88 bits per heavy atom. The molecule has 25 heavy (non-hydrogen) atoms. The number of hydrogen-bond donors (Lipinski definition) is 3. The molecule has 1 saturated heterocycles. The summed E-state index contributed by atoms with van der Waals surface area (Å²) in [6.07, 6.45) is -6.37. The second-order valence-corrected chi connectivity index (χ2v) is 5.90. The summed E-state index contributed by atoms with van der Waals surface area (Å²) in [6.45, 7) is 0.789. The summed E-state index contributed by atoms with van der Waals surface area (Å²) in [5, 5.41) is 10.4. The quantitative estimate of drug-likeness (QED) is 0.636. The number of fused-ring (bicyclic) bond motifs is 1. The van der Waals surface area contributed by atoms with Crippen molar-refractivity contribution >= 4 is 17.1 Å². The number of aliphatic hydroxyl groups is 1. The number of nitrogens with zero attached hydrogens (tertiary/aromatic N) is 3. The van der Waals surface area contributed by atoms with Gasteiger partial charge in [-0.2, -0.15) is 9.55 Å². The fourth-order valence-corrected chi connectivity index (χ4v) is 3.00. The van der Waals surface area contributed by atoms with E-state index in [9.17, 15) is 23.1 Å². The van der Waals surface area contributed by atoms with E-state index in [2.05, 4.69) is 14.7 Å². The average molecular weight is 364 g/mol. The van der Waals surface area contributed by atoms with Crippen LogP contribution in [0.25, 0.3) is 11.2 Å². The summed E-state index contributed by atoms with van der Waals surface area (Å²) >= 11 is 0. The lowest BCUT2D eigenvalue weighted by Gasteiger charge is -2.17. The molecule has 138 valence electrons. The number of H-pyrrole nitrogens is 1. The van der Waals surface area contributed by atoms with Crippen molar-refractivity contribution in [3.05, 3.63) is 16.7 Å². The van der Waals surface area contributed by atoms with Crippen LogP contribution in [0.1, 0.15) is 13.2 Å². The first kappa shape index (κ1) is 17.6. The summed E-state index contributed by atoms with van der Waals surface area (Å²) in [6, 6.07) is 0. The number of imidazole rings is 1. The highest BCUT2D eigenvalue weighted by Crippen LogP contribution is 2.36. The van der Waals surface area contributed by atoms with Crippen LogP contribution in [0.3, 0.4) is 0 Å². The SMILES string of the molecule is C[C@H]1O[C@@H](n2c[n+](C)c3c(=O)[nH]c(N)nc32)[C@H](O)[C@@H]1COC(F)(F)F. The van der Waals surface area contributed by atoms with Gasteiger partial charge in [-0.15, -0.1) is 13.2 Å². The molecule has 0 aliphatic carbocycles. The van der Waals surface area contributed by atoms with Crippen LogP contribution < -0.4 is 15.9 Å². The minimum atomic E-state index is -4.80. The number of nitrogens with one attached hydrogen (secondary N) is 1. The number of anilines is 1. The molecule has 3 heterocycles. The van der Waals surface area contributed by atoms with Crippen molar-refractivity contribution in [3.63, 3.8) is 0 Å². The fourth-order valence-electron chi connectivity index (χ4n) is 3.00. The van der Waals surface area contributed by atoms with Crippen molar-refractivity contribution in [3.8, 4) is 0 Å². The van der Waals surface area contributed by atoms with Crippen LogP contribution in [0.15, 0.2) is 11.1 Å². The van der Waals surface area contributed by atoms with Gasteiger partial charge in [0.15, 0.2) is 0 Å². The van der Waals surface area contributed by atoms with Crippen LogP contribution in [-0.4, -0.2) is 44.8 Å². The van der Waals surface area contributed by atoms with Gasteiger partial charge in [0.05, 0.1) is 19.8 Å². The van der Waals surface area contributed by atoms with Gasteiger partial charge in [-0.3, -0.25) is 14.5 Å². The molecule has 2 aromatic rings. The third kappa shape index (κ3) is 3.19. The summed E-state index contributed by atoms with van der Waals surface area (Å²) in [7, 11) is 1.58. The molecule has 3 rings (SSSR count). The number of aryl methyl sites for hydroxylation is 1. The van der Waals surface area contributed by atoms with Crippen LogP contribution in [-0.2, 0) is 16.5 Å². The normalized spacial score (nSPS) is 27.3. The van der Waals surface area contributed by atoms with Gasteiger partial charge in [-0.25, -0.2) is 4.57 Å². The number of ether oxygens (including phenoxy) is 2. The molecule has 4 atom stereocenters. The molecule has 1 aliphatic heterocycles. The van der Waals surface area contributed by atoms with E-state index in [1.54, 1.807) is 7.05 Å². The lowest BCUT2D eigenvalue weighted by atomic mass is 10.0. The zero-order valence-electron chi connectivity index (χ0n) is 13.3. The molecule has 0 aromatic carbocycles. The standard InChI is InChI=1S/C13H16F3N5O4/c1-5-6(3-24-13(14,15)16)8(22)11(25-5)21-4-20(2)7-9(21)18-12(17)19-10(7)23/h4-6,8,11,22H,3H2,1-2H3,(H2-,17,18,19,23)/p+1/t5-,6-,8-,11-/m1/s1. The van der Waals surface area contributed by atoms with Gasteiger partial charge < -0.3 is 15.6 Å². The Morgan fingerprint density at radius 2 is 2.24 bits per heavy atom. The van der Waals surface area contributed by atoms with Crippen molar-refractivity contribution < 1.29 is 32.3 Å². The number of rotatable bonds is 3. The highest BCUT2D eigenvalue weighted by molar-refractivity contribution is 5.66. The summed E-state index contributed by atoms with van der Waals surface area (Å²) in [5.74, 6) is -1.04. The molecule has 0 unspecified atom stereocenters. The number of aliphatic hydroxyl groups excluding tert-OH is 1. The third-order valence-corrected chi connectivity index (χ3v) is 4.19. The molecular weight excluding hydrogens is 347 g/mol. The van der Waals surface area contributed by atoms with Gasteiger partial charge in [0.1, 0.15) is 6.10 Å². The molecule has 1 fully saturated rings. The van der Waals surface area contributed by atoms with E-state index in [1.807, 2.05) is 0 Å². The van der Waals surface area contributed by atoms with Crippen LogP contribution in [0, 0.1) is 5.92 Å². The van der Waals surface area contributed by atoms with E-state index in [4.69, 9.17) is 10.5 Å². The Balaban J connectivity index is 1.95. The smallest absolute Gasteiger partial charge is 0.386 e. The van der Waals surface area contributed by atoms with E-state index < -0.39 is 42.9 Å². The Hall–Kier alpha value is -2.18. The minimum Gasteiger partial charge on any atom is -0.386 e. The van der Waals surface area contributed by atoms with Gasteiger partial charge in [0, 0.05) is 5.92 Å². The number of hydrogen-bond acceptors (Lipinski definition) is 6. The monoisotopic (exact) mass is 364 g/mol. The predicted octanol–water partition coefficient (Wildman–Crippen LogP) is -0.438. The lowest BCUT2D eigenvalue weighted by molar-refractivity contribution is -0.646. The highest BCUT2D eigenvalue weighted by Gasteiger charge is 2.48. The van der Waals surface area contributed by atoms with E-state index in [0.717, 1.165) is 0 Å². The number of halogens is 3. The van der Waals surface area contributed by atoms with Gasteiger partial charge >= 0.3 is 11.9 Å². The molecule has 0 bridgehead atoms. The van der Waals surface area contributed by atoms with Gasteiger partial charge in [0.2, 0.25) is 18.5 Å². The molecule has 2 aromatic heterocycles. The maximum absolute atomic E-state index is 12.3. The predicted molar refractivity (Wildman–Crippen MR) is 77.0 cm³/mol. The molecule has 4 N–H and O–H groups in total.